The Balaban J connectivity index is 2.39. The van der Waals surface area contributed by atoms with Gasteiger partial charge in [-0.1, -0.05) is 0 Å². The van der Waals surface area contributed by atoms with Gasteiger partial charge in [-0.15, -0.1) is 0 Å². The van der Waals surface area contributed by atoms with Crippen molar-refractivity contribution < 1.29 is 4.74 Å². The van der Waals surface area contributed by atoms with Crippen LogP contribution in [0.1, 0.15) is 0 Å². The van der Waals surface area contributed by atoms with E-state index in [2.05, 4.69) is 15.0 Å². The minimum absolute atomic E-state index is 0.391. The summed E-state index contributed by atoms with van der Waals surface area (Å²) in [7, 11) is 1.62. The van der Waals surface area contributed by atoms with Crippen molar-refractivity contribution in [1.82, 2.24) is 15.0 Å². The zero-order valence-corrected chi connectivity index (χ0v) is 9.10. The van der Waals surface area contributed by atoms with Crippen molar-refractivity contribution in [2.45, 2.75) is 0 Å². The van der Waals surface area contributed by atoms with E-state index in [1.807, 2.05) is 24.3 Å². The number of nitrogens with zero attached hydrogens (tertiary/aromatic N) is 2. The van der Waals surface area contributed by atoms with Crippen molar-refractivity contribution in [2.75, 3.05) is 7.11 Å². The second kappa shape index (κ2) is 3.55. The van der Waals surface area contributed by atoms with Crippen molar-refractivity contribution in [3.05, 3.63) is 40.9 Å². The molecule has 1 aromatic carbocycles. The van der Waals surface area contributed by atoms with Crippen LogP contribution in [0.3, 0.4) is 0 Å². The van der Waals surface area contributed by atoms with Crippen molar-refractivity contribution in [1.29, 1.82) is 0 Å². The van der Waals surface area contributed by atoms with Crippen molar-refractivity contribution in [3.63, 3.8) is 0 Å². The molecule has 0 bridgehead atoms. The van der Waals surface area contributed by atoms with Gasteiger partial charge in [0.25, 0.3) is 0 Å². The van der Waals surface area contributed by atoms with Crippen molar-refractivity contribution in [2.24, 2.45) is 0 Å². The van der Waals surface area contributed by atoms with Gasteiger partial charge in [-0.25, -0.2) is 14.8 Å². The summed E-state index contributed by atoms with van der Waals surface area (Å²) in [5.74, 6) is 0.774. The lowest BCUT2D eigenvalue weighted by atomic mass is 10.2. The number of hydrogen-bond donors (Lipinski definition) is 1. The molecule has 0 spiro atoms. The number of nitrogens with one attached hydrogen (secondary N) is 1. The minimum atomic E-state index is -0.391. The monoisotopic (exact) mass is 227 g/mol. The Hall–Kier alpha value is -2.43. The fourth-order valence-corrected chi connectivity index (χ4v) is 1.76. The number of benzene rings is 1. The topological polar surface area (TPSA) is 67.9 Å². The van der Waals surface area contributed by atoms with Crippen LogP contribution in [0.25, 0.3) is 21.9 Å². The number of ether oxygens (including phenoxy) is 1. The van der Waals surface area contributed by atoms with Crippen LogP contribution >= 0.6 is 0 Å². The van der Waals surface area contributed by atoms with Gasteiger partial charge in [-0.3, -0.25) is 4.98 Å². The highest BCUT2D eigenvalue weighted by Crippen LogP contribution is 2.21. The van der Waals surface area contributed by atoms with Gasteiger partial charge in [0.15, 0.2) is 0 Å². The second-order valence-electron chi connectivity index (χ2n) is 3.67. The van der Waals surface area contributed by atoms with E-state index in [4.69, 9.17) is 4.74 Å². The highest BCUT2D eigenvalue weighted by Gasteiger charge is 2.02. The maximum atomic E-state index is 11.1. The largest absolute Gasteiger partial charge is 0.497 e. The van der Waals surface area contributed by atoms with Crippen LogP contribution in [0.5, 0.6) is 5.75 Å². The van der Waals surface area contributed by atoms with Crippen LogP contribution in [0.15, 0.2) is 35.3 Å². The summed E-state index contributed by atoms with van der Waals surface area (Å²) in [6, 6.07) is 7.50. The fraction of sp³-hybridized carbons (Fsp3) is 0.0833. The Labute approximate surface area is 96.1 Å². The minimum Gasteiger partial charge on any atom is -0.497 e. The molecule has 2 heterocycles. The highest BCUT2D eigenvalue weighted by atomic mass is 16.5. The number of pyridine rings is 1. The molecule has 0 aliphatic carbocycles. The van der Waals surface area contributed by atoms with E-state index in [0.29, 0.717) is 5.65 Å². The van der Waals surface area contributed by atoms with Gasteiger partial charge < -0.3 is 4.74 Å². The van der Waals surface area contributed by atoms with E-state index in [9.17, 15) is 4.79 Å². The maximum absolute atomic E-state index is 11.1. The Morgan fingerprint density at radius 2 is 2.12 bits per heavy atom. The molecule has 0 fully saturated rings. The average Bonchev–Trinajstić information content (AvgIpc) is 2.35. The van der Waals surface area contributed by atoms with Crippen LogP contribution in [-0.2, 0) is 0 Å². The molecule has 2 aromatic heterocycles. The molecule has 0 radical (unpaired) electrons. The first-order chi connectivity index (χ1) is 8.26. The zero-order valence-electron chi connectivity index (χ0n) is 9.10. The quantitative estimate of drug-likeness (QED) is 0.639. The lowest BCUT2D eigenvalue weighted by molar-refractivity contribution is 0.415. The number of aromatic amines is 1. The maximum Gasteiger partial charge on any atom is 0.346 e. The van der Waals surface area contributed by atoms with Crippen LogP contribution < -0.4 is 10.4 Å². The van der Waals surface area contributed by atoms with Gasteiger partial charge in [0.1, 0.15) is 11.4 Å². The first-order valence-electron chi connectivity index (χ1n) is 5.10. The average molecular weight is 227 g/mol. The molecule has 84 valence electrons. The Kier molecular flexibility index (Phi) is 2.04. The molecule has 3 rings (SSSR count). The molecule has 0 unspecified atom stereocenters. The van der Waals surface area contributed by atoms with E-state index < -0.39 is 5.69 Å². The van der Waals surface area contributed by atoms with Crippen LogP contribution in [0.4, 0.5) is 0 Å². The number of fused-ring (bicyclic) bond motifs is 2. The number of hydrogen-bond acceptors (Lipinski definition) is 4. The predicted molar refractivity (Wildman–Crippen MR) is 64.2 cm³/mol. The molecule has 1 N–H and O–H groups in total. The molecule has 0 saturated carbocycles. The highest BCUT2D eigenvalue weighted by molar-refractivity contribution is 5.91. The zero-order chi connectivity index (χ0) is 11.8. The van der Waals surface area contributed by atoms with E-state index in [-0.39, 0.29) is 0 Å². The smallest absolute Gasteiger partial charge is 0.346 e. The molecular formula is C12H9N3O2. The van der Waals surface area contributed by atoms with Gasteiger partial charge >= 0.3 is 5.69 Å². The standard InChI is InChI=1S/C12H9N3O2/c1-17-9-2-3-10-7(5-9)4-8-6-13-12(16)15-11(8)14-10/h2-6H,1H3,(H,13,14,15,16). The summed E-state index contributed by atoms with van der Waals surface area (Å²) < 4.78 is 5.15. The Bertz CT molecular complexity index is 764. The Morgan fingerprint density at radius 3 is 2.94 bits per heavy atom. The van der Waals surface area contributed by atoms with E-state index in [0.717, 1.165) is 22.0 Å². The summed E-state index contributed by atoms with van der Waals surface area (Å²) in [4.78, 5) is 21.7. The molecular weight excluding hydrogens is 218 g/mol. The second-order valence-corrected chi connectivity index (χ2v) is 3.67. The third-order valence-electron chi connectivity index (χ3n) is 2.60. The third kappa shape index (κ3) is 1.61. The number of H-pyrrole nitrogens is 1. The summed E-state index contributed by atoms with van der Waals surface area (Å²) in [6.45, 7) is 0. The lowest BCUT2D eigenvalue weighted by Gasteiger charge is -2.03. The van der Waals surface area contributed by atoms with Gasteiger partial charge in [-0.05, 0) is 24.3 Å². The molecule has 3 aromatic rings. The molecule has 0 saturated heterocycles. The van der Waals surface area contributed by atoms with Gasteiger partial charge in [0.05, 0.1) is 12.6 Å². The van der Waals surface area contributed by atoms with E-state index in [1.54, 1.807) is 7.11 Å². The third-order valence-corrected chi connectivity index (χ3v) is 2.60. The molecule has 0 atom stereocenters. The number of aromatic nitrogens is 3. The SMILES string of the molecule is COc1ccc2nc3[nH]c(=O)ncc3cc2c1. The first kappa shape index (κ1) is 9.77. The molecule has 0 aliphatic rings. The van der Waals surface area contributed by atoms with Gasteiger partial charge in [0.2, 0.25) is 0 Å². The summed E-state index contributed by atoms with van der Waals surface area (Å²) in [5.41, 5.74) is 0.959. The number of rotatable bonds is 1. The molecule has 5 nitrogen and oxygen atoms in total. The van der Waals surface area contributed by atoms with E-state index >= 15 is 0 Å². The summed E-state index contributed by atoms with van der Waals surface area (Å²) in [6.07, 6.45) is 1.51. The van der Waals surface area contributed by atoms with Crippen LogP contribution in [-0.4, -0.2) is 22.1 Å². The molecule has 17 heavy (non-hydrogen) atoms. The first-order valence-corrected chi connectivity index (χ1v) is 5.10. The van der Waals surface area contributed by atoms with Gasteiger partial charge in [-0.2, -0.15) is 0 Å². The van der Waals surface area contributed by atoms with Crippen LogP contribution in [0.2, 0.25) is 0 Å². The Morgan fingerprint density at radius 1 is 1.24 bits per heavy atom. The summed E-state index contributed by atoms with van der Waals surface area (Å²) in [5, 5.41) is 1.75. The fourth-order valence-electron chi connectivity index (χ4n) is 1.76. The normalized spacial score (nSPS) is 10.9. The number of methoxy groups -OCH3 is 1. The van der Waals surface area contributed by atoms with Gasteiger partial charge in [0, 0.05) is 17.0 Å². The predicted octanol–water partition coefficient (Wildman–Crippen LogP) is 1.48. The van der Waals surface area contributed by atoms with Crippen LogP contribution in [0, 0.1) is 0 Å². The molecule has 0 aliphatic heterocycles. The van der Waals surface area contributed by atoms with Crippen molar-refractivity contribution in [3.8, 4) is 5.75 Å². The van der Waals surface area contributed by atoms with Crippen molar-refractivity contribution >= 4 is 21.9 Å². The molecule has 0 amide bonds. The summed E-state index contributed by atoms with van der Waals surface area (Å²) >= 11 is 0. The molecule has 5 heteroatoms. The lowest BCUT2D eigenvalue weighted by Crippen LogP contribution is -2.09. The van der Waals surface area contributed by atoms with E-state index in [1.165, 1.54) is 6.20 Å².